The minimum atomic E-state index is -3.67. The van der Waals surface area contributed by atoms with E-state index in [2.05, 4.69) is 9.88 Å². The molecular formula is C13H20ClN3O3S. The summed E-state index contributed by atoms with van der Waals surface area (Å²) in [5, 5.41) is -0.129. The van der Waals surface area contributed by atoms with Gasteiger partial charge < -0.3 is 9.88 Å². The predicted molar refractivity (Wildman–Crippen MR) is 82.2 cm³/mol. The lowest BCUT2D eigenvalue weighted by Crippen LogP contribution is -2.57. The van der Waals surface area contributed by atoms with Crippen LogP contribution < -0.4 is 5.56 Å². The van der Waals surface area contributed by atoms with E-state index in [1.54, 1.807) is 7.05 Å². The molecule has 1 aromatic heterocycles. The van der Waals surface area contributed by atoms with Gasteiger partial charge in [0.2, 0.25) is 10.0 Å². The van der Waals surface area contributed by atoms with Crippen LogP contribution in [0.2, 0.25) is 5.02 Å². The van der Waals surface area contributed by atoms with Gasteiger partial charge in [-0.3, -0.25) is 4.79 Å². The normalized spacial score (nSPS) is 18.0. The number of halogens is 1. The Morgan fingerprint density at radius 3 is 2.38 bits per heavy atom. The lowest BCUT2D eigenvalue weighted by atomic mass is 9.75. The maximum absolute atomic E-state index is 12.6. The molecular weight excluding hydrogens is 314 g/mol. The van der Waals surface area contributed by atoms with Crippen molar-refractivity contribution < 1.29 is 8.42 Å². The fourth-order valence-corrected chi connectivity index (χ4v) is 4.08. The van der Waals surface area contributed by atoms with Crippen LogP contribution in [0.4, 0.5) is 0 Å². The number of hydrogen-bond acceptors (Lipinski definition) is 4. The second-order valence-electron chi connectivity index (χ2n) is 5.75. The summed E-state index contributed by atoms with van der Waals surface area (Å²) in [5.41, 5.74) is -0.601. The Hall–Kier alpha value is -0.890. The Morgan fingerprint density at radius 2 is 1.95 bits per heavy atom. The van der Waals surface area contributed by atoms with Gasteiger partial charge in [-0.15, -0.1) is 0 Å². The first-order valence-electron chi connectivity index (χ1n) is 6.71. The average Bonchev–Trinajstić information content (AvgIpc) is 2.36. The number of pyridine rings is 1. The second-order valence-corrected chi connectivity index (χ2v) is 8.20. The summed E-state index contributed by atoms with van der Waals surface area (Å²) in [6.07, 6.45) is 4.25. The zero-order chi connectivity index (χ0) is 15.8. The monoisotopic (exact) mass is 333 g/mol. The summed E-state index contributed by atoms with van der Waals surface area (Å²) in [6.45, 7) is 0.416. The van der Waals surface area contributed by atoms with Crippen LogP contribution in [-0.4, -0.2) is 55.8 Å². The highest BCUT2D eigenvalue weighted by Gasteiger charge is 2.42. The number of rotatable bonds is 5. The summed E-state index contributed by atoms with van der Waals surface area (Å²) in [5.74, 6) is 0. The maximum Gasteiger partial charge on any atom is 0.266 e. The molecule has 2 rings (SSSR count). The molecule has 21 heavy (non-hydrogen) atoms. The molecule has 1 aromatic rings. The maximum atomic E-state index is 12.6. The van der Waals surface area contributed by atoms with Crippen molar-refractivity contribution in [3.05, 3.63) is 27.6 Å². The van der Waals surface area contributed by atoms with Crippen molar-refractivity contribution in [3.8, 4) is 0 Å². The molecule has 8 heteroatoms. The third-order valence-corrected chi connectivity index (χ3v) is 6.35. The fraction of sp³-hybridized carbons (Fsp3) is 0.615. The van der Waals surface area contributed by atoms with Crippen LogP contribution in [0.25, 0.3) is 0 Å². The van der Waals surface area contributed by atoms with Crippen LogP contribution in [0, 0.1) is 0 Å². The average molecular weight is 334 g/mol. The Balaban J connectivity index is 2.26. The van der Waals surface area contributed by atoms with Crippen LogP contribution in [0.1, 0.15) is 19.3 Å². The zero-order valence-corrected chi connectivity index (χ0v) is 14.0. The molecule has 1 aliphatic carbocycles. The first-order chi connectivity index (χ1) is 9.69. The Labute approximate surface area is 129 Å². The summed E-state index contributed by atoms with van der Waals surface area (Å²) in [6, 6.07) is 1.19. The van der Waals surface area contributed by atoms with Gasteiger partial charge in [-0.25, -0.2) is 8.42 Å². The molecule has 0 spiro atoms. The highest BCUT2D eigenvalue weighted by atomic mass is 35.5. The van der Waals surface area contributed by atoms with E-state index >= 15 is 0 Å². The summed E-state index contributed by atoms with van der Waals surface area (Å²) >= 11 is 5.71. The number of aromatic amines is 1. The number of nitrogens with zero attached hydrogens (tertiary/aromatic N) is 2. The molecule has 0 atom stereocenters. The second kappa shape index (κ2) is 5.72. The van der Waals surface area contributed by atoms with Crippen LogP contribution >= 0.6 is 11.6 Å². The lowest BCUT2D eigenvalue weighted by molar-refractivity contribution is 0.0455. The zero-order valence-electron chi connectivity index (χ0n) is 12.4. The number of sulfonamides is 1. The van der Waals surface area contributed by atoms with Gasteiger partial charge in [0.25, 0.3) is 5.56 Å². The van der Waals surface area contributed by atoms with Crippen LogP contribution in [0.5, 0.6) is 0 Å². The SMILES string of the molecule is CN(C)C1(CN(C)S(=O)(=O)c2c[nH]c(=O)c(Cl)c2)CCC1. The highest BCUT2D eigenvalue weighted by molar-refractivity contribution is 7.89. The van der Waals surface area contributed by atoms with Gasteiger partial charge in [0.05, 0.1) is 4.90 Å². The minimum Gasteiger partial charge on any atom is -0.326 e. The van der Waals surface area contributed by atoms with Crippen molar-refractivity contribution in [2.45, 2.75) is 29.7 Å². The van der Waals surface area contributed by atoms with E-state index < -0.39 is 15.6 Å². The van der Waals surface area contributed by atoms with Gasteiger partial charge in [0, 0.05) is 25.3 Å². The molecule has 1 aliphatic rings. The third kappa shape index (κ3) is 3.01. The number of nitrogens with one attached hydrogen (secondary N) is 1. The molecule has 0 unspecified atom stereocenters. The number of likely N-dealkylation sites (N-methyl/N-ethyl adjacent to an activating group) is 2. The predicted octanol–water partition coefficient (Wildman–Crippen LogP) is 1.13. The number of hydrogen-bond donors (Lipinski definition) is 1. The van der Waals surface area contributed by atoms with Gasteiger partial charge in [-0.1, -0.05) is 11.6 Å². The van der Waals surface area contributed by atoms with Crippen molar-refractivity contribution >= 4 is 21.6 Å². The van der Waals surface area contributed by atoms with E-state index in [9.17, 15) is 13.2 Å². The van der Waals surface area contributed by atoms with Gasteiger partial charge in [0.15, 0.2) is 0 Å². The Morgan fingerprint density at radius 1 is 1.33 bits per heavy atom. The van der Waals surface area contributed by atoms with Crippen LogP contribution in [0.3, 0.4) is 0 Å². The van der Waals surface area contributed by atoms with E-state index in [-0.39, 0.29) is 15.5 Å². The van der Waals surface area contributed by atoms with E-state index in [1.165, 1.54) is 16.6 Å². The standard InChI is InChI=1S/C13H20ClN3O3S/c1-16(2)13(5-4-6-13)9-17(3)21(19,20)10-7-11(14)12(18)15-8-10/h7-8H,4-6,9H2,1-3H3,(H,15,18). The van der Waals surface area contributed by atoms with E-state index in [0.717, 1.165) is 19.3 Å². The molecule has 0 saturated heterocycles. The van der Waals surface area contributed by atoms with Crippen molar-refractivity contribution in [3.63, 3.8) is 0 Å². The Bertz CT molecular complexity index is 680. The number of H-pyrrole nitrogens is 1. The molecule has 0 bridgehead atoms. The molecule has 0 aromatic carbocycles. The number of aromatic nitrogens is 1. The van der Waals surface area contributed by atoms with Gasteiger partial charge in [-0.05, 0) is 39.4 Å². The summed E-state index contributed by atoms with van der Waals surface area (Å²) < 4.78 is 26.5. The smallest absolute Gasteiger partial charge is 0.266 e. The molecule has 0 amide bonds. The minimum absolute atomic E-state index is 0.00262. The molecule has 0 aliphatic heterocycles. The van der Waals surface area contributed by atoms with Crippen molar-refractivity contribution in [2.24, 2.45) is 0 Å². The van der Waals surface area contributed by atoms with Gasteiger partial charge >= 0.3 is 0 Å². The van der Waals surface area contributed by atoms with Crippen LogP contribution in [-0.2, 0) is 10.0 Å². The summed E-state index contributed by atoms with van der Waals surface area (Å²) in [7, 11) is 1.82. The van der Waals surface area contributed by atoms with Crippen LogP contribution in [0.15, 0.2) is 22.0 Å². The lowest BCUT2D eigenvalue weighted by Gasteiger charge is -2.48. The first kappa shape index (κ1) is 16.5. The first-order valence-corrected chi connectivity index (χ1v) is 8.53. The van der Waals surface area contributed by atoms with Crippen molar-refractivity contribution in [1.29, 1.82) is 0 Å². The molecule has 1 heterocycles. The topological polar surface area (TPSA) is 73.5 Å². The van der Waals surface area contributed by atoms with Crippen molar-refractivity contribution in [1.82, 2.24) is 14.2 Å². The molecule has 6 nitrogen and oxygen atoms in total. The molecule has 118 valence electrons. The fourth-order valence-electron chi connectivity index (χ4n) is 2.60. The van der Waals surface area contributed by atoms with Crippen molar-refractivity contribution in [2.75, 3.05) is 27.7 Å². The molecule has 1 saturated carbocycles. The molecule has 0 radical (unpaired) electrons. The van der Waals surface area contributed by atoms with Gasteiger partial charge in [-0.2, -0.15) is 4.31 Å². The van der Waals surface area contributed by atoms with Gasteiger partial charge in [0.1, 0.15) is 5.02 Å². The van der Waals surface area contributed by atoms with E-state index in [4.69, 9.17) is 11.6 Å². The molecule has 1 N–H and O–H groups in total. The highest BCUT2D eigenvalue weighted by Crippen LogP contribution is 2.37. The van der Waals surface area contributed by atoms with E-state index in [1.807, 2.05) is 14.1 Å². The largest absolute Gasteiger partial charge is 0.326 e. The van der Waals surface area contributed by atoms with E-state index in [0.29, 0.717) is 6.54 Å². The quantitative estimate of drug-likeness (QED) is 0.876. The molecule has 1 fully saturated rings. The third-order valence-electron chi connectivity index (χ3n) is 4.29. The Kier molecular flexibility index (Phi) is 4.49. The summed E-state index contributed by atoms with van der Waals surface area (Å²) in [4.78, 5) is 15.7.